The summed E-state index contributed by atoms with van der Waals surface area (Å²) >= 11 is 5.99. The number of anilines is 1. The zero-order valence-electron chi connectivity index (χ0n) is 8.52. The Morgan fingerprint density at radius 2 is 2.36 bits per heavy atom. The van der Waals surface area contributed by atoms with E-state index in [1.807, 2.05) is 6.07 Å². The first-order chi connectivity index (χ1) is 6.81. The fourth-order valence-corrected chi connectivity index (χ4v) is 2.26. The zero-order valence-corrected chi connectivity index (χ0v) is 9.27. The smallest absolute Gasteiger partial charge is 0.0410 e. The highest BCUT2D eigenvalue weighted by Crippen LogP contribution is 2.36. The molecule has 0 saturated heterocycles. The van der Waals surface area contributed by atoms with Crippen molar-refractivity contribution in [3.8, 4) is 0 Å². The summed E-state index contributed by atoms with van der Waals surface area (Å²) in [7, 11) is 0. The fraction of sp³-hybridized carbons (Fsp3) is 0.500. The first kappa shape index (κ1) is 9.85. The third-order valence-electron chi connectivity index (χ3n) is 2.90. The average molecular weight is 210 g/mol. The van der Waals surface area contributed by atoms with Gasteiger partial charge < -0.3 is 5.32 Å². The number of hydrogen-bond donors (Lipinski definition) is 1. The Labute approximate surface area is 90.5 Å². The van der Waals surface area contributed by atoms with Gasteiger partial charge in [-0.25, -0.2) is 0 Å². The molecule has 0 saturated carbocycles. The summed E-state index contributed by atoms with van der Waals surface area (Å²) in [6, 6.07) is 6.15. The Morgan fingerprint density at radius 3 is 3.14 bits per heavy atom. The summed E-state index contributed by atoms with van der Waals surface area (Å²) in [5, 5.41) is 4.28. The van der Waals surface area contributed by atoms with Crippen molar-refractivity contribution in [3.63, 3.8) is 0 Å². The molecular weight excluding hydrogens is 194 g/mol. The van der Waals surface area contributed by atoms with Gasteiger partial charge in [-0.3, -0.25) is 0 Å². The van der Waals surface area contributed by atoms with Crippen molar-refractivity contribution >= 4 is 17.3 Å². The van der Waals surface area contributed by atoms with Gasteiger partial charge in [0.1, 0.15) is 0 Å². The molecule has 1 aliphatic heterocycles. The topological polar surface area (TPSA) is 12.0 Å². The molecule has 1 nitrogen and oxygen atoms in total. The third kappa shape index (κ3) is 1.88. The molecule has 0 bridgehead atoms. The summed E-state index contributed by atoms with van der Waals surface area (Å²) in [6.45, 7) is 3.32. The van der Waals surface area contributed by atoms with E-state index in [0.29, 0.717) is 5.92 Å². The lowest BCUT2D eigenvalue weighted by molar-refractivity contribution is 0.622. The second-order valence-electron chi connectivity index (χ2n) is 3.95. The van der Waals surface area contributed by atoms with Crippen LogP contribution >= 0.6 is 11.6 Å². The van der Waals surface area contributed by atoms with E-state index in [1.165, 1.54) is 30.5 Å². The van der Waals surface area contributed by atoms with Gasteiger partial charge in [0.2, 0.25) is 0 Å². The molecule has 2 rings (SSSR count). The highest BCUT2D eigenvalue weighted by Gasteiger charge is 2.21. The van der Waals surface area contributed by atoms with Gasteiger partial charge >= 0.3 is 0 Å². The van der Waals surface area contributed by atoms with Gasteiger partial charge in [-0.1, -0.05) is 31.4 Å². The molecule has 1 aliphatic rings. The average Bonchev–Trinajstić information content (AvgIpc) is 2.57. The molecule has 14 heavy (non-hydrogen) atoms. The van der Waals surface area contributed by atoms with Crippen LogP contribution in [-0.2, 0) is 0 Å². The Hall–Kier alpha value is -0.690. The van der Waals surface area contributed by atoms with Gasteiger partial charge in [-0.05, 0) is 30.2 Å². The largest absolute Gasteiger partial charge is 0.384 e. The second-order valence-corrected chi connectivity index (χ2v) is 4.39. The lowest BCUT2D eigenvalue weighted by Crippen LogP contribution is -2.01. The van der Waals surface area contributed by atoms with Gasteiger partial charge in [-0.15, -0.1) is 0 Å². The number of halogens is 1. The van der Waals surface area contributed by atoms with Gasteiger partial charge in [-0.2, -0.15) is 0 Å². The highest BCUT2D eigenvalue weighted by atomic mass is 35.5. The minimum absolute atomic E-state index is 0.670. The van der Waals surface area contributed by atoms with Crippen LogP contribution in [0.25, 0.3) is 0 Å². The number of benzene rings is 1. The maximum absolute atomic E-state index is 5.99. The fourth-order valence-electron chi connectivity index (χ4n) is 2.08. The van der Waals surface area contributed by atoms with Crippen LogP contribution in [0.15, 0.2) is 18.2 Å². The summed E-state index contributed by atoms with van der Waals surface area (Å²) in [4.78, 5) is 0. The molecule has 0 fully saturated rings. The maximum atomic E-state index is 5.99. The number of unbranched alkanes of at least 4 members (excludes halogenated alkanes) is 1. The monoisotopic (exact) mass is 209 g/mol. The van der Waals surface area contributed by atoms with Gasteiger partial charge in [0.25, 0.3) is 0 Å². The molecule has 76 valence electrons. The number of rotatable bonds is 3. The normalized spacial score (nSPS) is 19.1. The molecule has 0 aliphatic carbocycles. The van der Waals surface area contributed by atoms with Crippen molar-refractivity contribution in [1.29, 1.82) is 0 Å². The lowest BCUT2D eigenvalue weighted by atomic mass is 9.96. The molecular formula is C12H16ClN. The Kier molecular flexibility index (Phi) is 2.97. The molecule has 1 aromatic rings. The van der Waals surface area contributed by atoms with Crippen molar-refractivity contribution in [2.24, 2.45) is 0 Å². The second kappa shape index (κ2) is 4.22. The summed E-state index contributed by atoms with van der Waals surface area (Å²) in [6.07, 6.45) is 3.85. The minimum Gasteiger partial charge on any atom is -0.384 e. The van der Waals surface area contributed by atoms with Crippen molar-refractivity contribution < 1.29 is 0 Å². The molecule has 1 aromatic carbocycles. The predicted octanol–water partition coefficient (Wildman–Crippen LogP) is 4.04. The van der Waals surface area contributed by atoms with E-state index in [1.54, 1.807) is 0 Å². The molecule has 0 aromatic heterocycles. The summed E-state index contributed by atoms with van der Waals surface area (Å²) in [5.41, 5.74) is 2.68. The van der Waals surface area contributed by atoms with Gasteiger partial charge in [0, 0.05) is 23.2 Å². The Morgan fingerprint density at radius 1 is 1.50 bits per heavy atom. The third-order valence-corrected chi connectivity index (χ3v) is 3.13. The lowest BCUT2D eigenvalue weighted by Gasteiger charge is -2.08. The van der Waals surface area contributed by atoms with Crippen LogP contribution in [0.5, 0.6) is 0 Å². The van der Waals surface area contributed by atoms with Gasteiger partial charge in [0.15, 0.2) is 0 Å². The molecule has 2 heteroatoms. The first-order valence-electron chi connectivity index (χ1n) is 5.34. The molecule has 0 spiro atoms. The van der Waals surface area contributed by atoms with Crippen molar-refractivity contribution in [2.75, 3.05) is 11.9 Å². The molecule has 0 amide bonds. The predicted molar refractivity (Wildman–Crippen MR) is 62.2 cm³/mol. The van der Waals surface area contributed by atoms with E-state index in [-0.39, 0.29) is 0 Å². The number of fused-ring (bicyclic) bond motifs is 1. The molecule has 1 unspecified atom stereocenters. The molecule has 1 heterocycles. The van der Waals surface area contributed by atoms with Gasteiger partial charge in [0.05, 0.1) is 0 Å². The summed E-state index contributed by atoms with van der Waals surface area (Å²) in [5.74, 6) is 0.670. The first-order valence-corrected chi connectivity index (χ1v) is 5.72. The SMILES string of the molecule is CCCCC1CNc2ccc(Cl)cc21. The number of hydrogen-bond acceptors (Lipinski definition) is 1. The van der Waals surface area contributed by atoms with Crippen LogP contribution in [0, 0.1) is 0 Å². The zero-order chi connectivity index (χ0) is 9.97. The van der Waals surface area contributed by atoms with Crippen LogP contribution in [0.2, 0.25) is 5.02 Å². The number of nitrogens with one attached hydrogen (secondary N) is 1. The van der Waals surface area contributed by atoms with Crippen LogP contribution in [0.4, 0.5) is 5.69 Å². The van der Waals surface area contributed by atoms with E-state index >= 15 is 0 Å². The molecule has 0 radical (unpaired) electrons. The Balaban J connectivity index is 2.16. The molecule has 1 atom stereocenters. The molecule has 1 N–H and O–H groups in total. The van der Waals surface area contributed by atoms with E-state index in [2.05, 4.69) is 24.4 Å². The van der Waals surface area contributed by atoms with E-state index in [9.17, 15) is 0 Å². The Bertz CT molecular complexity index is 322. The van der Waals surface area contributed by atoms with Crippen molar-refractivity contribution in [3.05, 3.63) is 28.8 Å². The highest BCUT2D eigenvalue weighted by molar-refractivity contribution is 6.30. The van der Waals surface area contributed by atoms with Crippen molar-refractivity contribution in [1.82, 2.24) is 0 Å². The van der Waals surface area contributed by atoms with E-state index in [4.69, 9.17) is 11.6 Å². The van der Waals surface area contributed by atoms with Crippen molar-refractivity contribution in [2.45, 2.75) is 32.1 Å². The van der Waals surface area contributed by atoms with Crippen LogP contribution in [0.3, 0.4) is 0 Å². The van der Waals surface area contributed by atoms with Crippen LogP contribution < -0.4 is 5.32 Å². The van der Waals surface area contributed by atoms with Crippen LogP contribution in [0.1, 0.15) is 37.7 Å². The van der Waals surface area contributed by atoms with E-state index in [0.717, 1.165) is 11.6 Å². The van der Waals surface area contributed by atoms with E-state index < -0.39 is 0 Å². The standard InChI is InChI=1S/C12H16ClN/c1-2-3-4-9-8-14-12-6-5-10(13)7-11(9)12/h5-7,9,14H,2-4,8H2,1H3. The van der Waals surface area contributed by atoms with Crippen LogP contribution in [-0.4, -0.2) is 6.54 Å². The summed E-state index contributed by atoms with van der Waals surface area (Å²) < 4.78 is 0. The quantitative estimate of drug-likeness (QED) is 0.793. The minimum atomic E-state index is 0.670. The maximum Gasteiger partial charge on any atom is 0.0410 e.